The number of hydrogen-bond donors (Lipinski definition) is 2. The fraction of sp³-hybridized carbons (Fsp3) is 0.125. The largest absolute Gasteiger partial charge is 0.478 e. The van der Waals surface area contributed by atoms with Gasteiger partial charge in [0.25, 0.3) is 0 Å². The summed E-state index contributed by atoms with van der Waals surface area (Å²) in [6.07, 6.45) is 0. The number of hydrogen-bond acceptors (Lipinski definition) is 2. The van der Waals surface area contributed by atoms with Crippen molar-refractivity contribution in [3.63, 3.8) is 0 Å². The molecule has 0 bridgehead atoms. The topological polar surface area (TPSA) is 63.3 Å². The lowest BCUT2D eigenvalue weighted by molar-refractivity contribution is 0.0695. The first-order valence-electron chi connectivity index (χ1n) is 3.42. The Balaban J connectivity index is 3.50. The highest BCUT2D eigenvalue weighted by Gasteiger charge is 2.14. The summed E-state index contributed by atoms with van der Waals surface area (Å²) in [7, 11) is 0. The van der Waals surface area contributed by atoms with Gasteiger partial charge in [0.2, 0.25) is 0 Å². The average Bonchev–Trinajstić information content (AvgIpc) is 2.07. The van der Waals surface area contributed by atoms with Crippen molar-refractivity contribution in [3.05, 3.63) is 26.1 Å². The van der Waals surface area contributed by atoms with E-state index in [0.29, 0.717) is 14.6 Å². The average molecular weight is 309 g/mol. The summed E-state index contributed by atoms with van der Waals surface area (Å²) in [5, 5.41) is 8.81. The van der Waals surface area contributed by atoms with Gasteiger partial charge in [-0.25, -0.2) is 4.79 Å². The van der Waals surface area contributed by atoms with Gasteiger partial charge < -0.3 is 10.8 Å². The number of nitrogen functional groups attached to an aromatic ring is 1. The van der Waals surface area contributed by atoms with Gasteiger partial charge in [0.1, 0.15) is 0 Å². The maximum atomic E-state index is 10.7. The van der Waals surface area contributed by atoms with Gasteiger partial charge in [0.15, 0.2) is 0 Å². The molecular formula is C8H7Br2NO2. The van der Waals surface area contributed by atoms with Crippen LogP contribution < -0.4 is 5.73 Å². The highest BCUT2D eigenvalue weighted by atomic mass is 79.9. The van der Waals surface area contributed by atoms with Crippen LogP contribution in [-0.2, 0) is 0 Å². The van der Waals surface area contributed by atoms with Crippen LogP contribution in [0.2, 0.25) is 0 Å². The molecule has 0 aliphatic heterocycles. The number of aryl methyl sites for hydroxylation is 1. The van der Waals surface area contributed by atoms with E-state index in [-0.39, 0.29) is 5.56 Å². The van der Waals surface area contributed by atoms with Crippen LogP contribution in [0.5, 0.6) is 0 Å². The zero-order chi connectivity index (χ0) is 10.2. The summed E-state index contributed by atoms with van der Waals surface area (Å²) >= 11 is 6.37. The maximum absolute atomic E-state index is 10.7. The number of carboxylic acid groups (broad SMARTS) is 1. The van der Waals surface area contributed by atoms with Crippen molar-refractivity contribution < 1.29 is 9.90 Å². The normalized spacial score (nSPS) is 10.1. The minimum absolute atomic E-state index is 0.207. The first-order valence-corrected chi connectivity index (χ1v) is 5.01. The molecule has 1 aromatic rings. The first kappa shape index (κ1) is 10.5. The van der Waals surface area contributed by atoms with Gasteiger partial charge in [-0.15, -0.1) is 0 Å². The molecule has 1 rings (SSSR count). The third kappa shape index (κ3) is 1.86. The Morgan fingerprint density at radius 1 is 1.46 bits per heavy atom. The number of carbonyl (C=O) groups is 1. The second-order valence-electron chi connectivity index (χ2n) is 2.59. The van der Waals surface area contributed by atoms with Crippen LogP contribution in [0.4, 0.5) is 5.69 Å². The van der Waals surface area contributed by atoms with Crippen molar-refractivity contribution in [1.82, 2.24) is 0 Å². The van der Waals surface area contributed by atoms with Crippen LogP contribution in [0.25, 0.3) is 0 Å². The van der Waals surface area contributed by atoms with E-state index in [2.05, 4.69) is 31.9 Å². The quantitative estimate of drug-likeness (QED) is 0.784. The molecule has 0 aliphatic rings. The number of halogens is 2. The Hall–Kier alpha value is -0.550. The standard InChI is InChI=1S/C8H7Br2NO2/c1-3-2-4(8(12)13)5(9)6(10)7(3)11/h2H,11H2,1H3,(H,12,13). The highest BCUT2D eigenvalue weighted by molar-refractivity contribution is 9.13. The number of rotatable bonds is 1. The molecule has 3 nitrogen and oxygen atoms in total. The van der Waals surface area contributed by atoms with Gasteiger partial charge in [-0.2, -0.15) is 0 Å². The van der Waals surface area contributed by atoms with Crippen LogP contribution in [0, 0.1) is 6.92 Å². The fourth-order valence-electron chi connectivity index (χ4n) is 0.923. The molecule has 0 saturated heterocycles. The van der Waals surface area contributed by atoms with Gasteiger partial charge in [-0.05, 0) is 50.4 Å². The lowest BCUT2D eigenvalue weighted by Crippen LogP contribution is -2.02. The van der Waals surface area contributed by atoms with Gasteiger partial charge in [-0.3, -0.25) is 0 Å². The predicted octanol–water partition coefficient (Wildman–Crippen LogP) is 2.80. The highest BCUT2D eigenvalue weighted by Crippen LogP contribution is 2.34. The van der Waals surface area contributed by atoms with Crippen molar-refractivity contribution >= 4 is 43.5 Å². The Morgan fingerprint density at radius 2 is 2.00 bits per heavy atom. The molecule has 0 spiro atoms. The molecule has 0 aromatic heterocycles. The summed E-state index contributed by atoms with van der Waals surface area (Å²) < 4.78 is 1.06. The third-order valence-electron chi connectivity index (χ3n) is 1.68. The van der Waals surface area contributed by atoms with Crippen molar-refractivity contribution in [1.29, 1.82) is 0 Å². The molecule has 0 amide bonds. The van der Waals surface area contributed by atoms with Crippen LogP contribution in [0.3, 0.4) is 0 Å². The van der Waals surface area contributed by atoms with E-state index in [9.17, 15) is 4.79 Å². The molecule has 5 heteroatoms. The lowest BCUT2D eigenvalue weighted by Gasteiger charge is -2.07. The van der Waals surface area contributed by atoms with E-state index in [1.807, 2.05) is 0 Å². The molecule has 0 fully saturated rings. The van der Waals surface area contributed by atoms with Gasteiger partial charge in [0.05, 0.1) is 10.0 Å². The lowest BCUT2D eigenvalue weighted by atomic mass is 10.1. The molecule has 3 N–H and O–H groups in total. The van der Waals surface area contributed by atoms with E-state index in [0.717, 1.165) is 5.56 Å². The molecule has 1 aromatic carbocycles. The van der Waals surface area contributed by atoms with E-state index in [4.69, 9.17) is 10.8 Å². The molecule has 13 heavy (non-hydrogen) atoms. The number of anilines is 1. The smallest absolute Gasteiger partial charge is 0.336 e. The number of carboxylic acids is 1. The van der Waals surface area contributed by atoms with Crippen LogP contribution >= 0.6 is 31.9 Å². The van der Waals surface area contributed by atoms with E-state index in [1.165, 1.54) is 6.07 Å². The SMILES string of the molecule is Cc1cc(C(=O)O)c(Br)c(Br)c1N. The fourth-order valence-corrected chi connectivity index (χ4v) is 1.95. The molecule has 0 aliphatic carbocycles. The first-order chi connectivity index (χ1) is 5.95. The van der Waals surface area contributed by atoms with E-state index in [1.54, 1.807) is 6.92 Å². The summed E-state index contributed by atoms with van der Waals surface area (Å²) in [4.78, 5) is 10.7. The van der Waals surface area contributed by atoms with Crippen molar-refractivity contribution in [3.8, 4) is 0 Å². The van der Waals surface area contributed by atoms with Crippen molar-refractivity contribution in [2.45, 2.75) is 6.92 Å². The van der Waals surface area contributed by atoms with Crippen LogP contribution in [0.1, 0.15) is 15.9 Å². The monoisotopic (exact) mass is 307 g/mol. The Labute approximate surface area is 92.2 Å². The Kier molecular flexibility index (Phi) is 2.98. The van der Waals surface area contributed by atoms with Crippen LogP contribution in [0.15, 0.2) is 15.0 Å². The molecule has 0 unspecified atom stereocenters. The second kappa shape index (κ2) is 3.67. The number of nitrogens with two attached hydrogens (primary N) is 1. The Bertz CT molecular complexity index is 377. The minimum Gasteiger partial charge on any atom is -0.478 e. The van der Waals surface area contributed by atoms with E-state index < -0.39 is 5.97 Å². The summed E-state index contributed by atoms with van der Waals surface area (Å²) in [5.74, 6) is -0.976. The zero-order valence-electron chi connectivity index (χ0n) is 6.77. The van der Waals surface area contributed by atoms with Gasteiger partial charge in [-0.1, -0.05) is 0 Å². The molecule has 0 saturated carbocycles. The Morgan fingerprint density at radius 3 is 2.46 bits per heavy atom. The van der Waals surface area contributed by atoms with Gasteiger partial charge >= 0.3 is 5.97 Å². The summed E-state index contributed by atoms with van der Waals surface area (Å²) in [5.41, 5.74) is 7.18. The van der Waals surface area contributed by atoms with Crippen molar-refractivity contribution in [2.75, 3.05) is 5.73 Å². The van der Waals surface area contributed by atoms with E-state index >= 15 is 0 Å². The zero-order valence-corrected chi connectivity index (χ0v) is 9.94. The second-order valence-corrected chi connectivity index (χ2v) is 4.17. The number of aromatic carboxylic acids is 1. The summed E-state index contributed by atoms with van der Waals surface area (Å²) in [6, 6.07) is 1.53. The third-order valence-corrected chi connectivity index (χ3v) is 3.86. The number of benzene rings is 1. The predicted molar refractivity (Wildman–Crippen MR) is 58.0 cm³/mol. The minimum atomic E-state index is -0.976. The summed E-state index contributed by atoms with van der Waals surface area (Å²) in [6.45, 7) is 1.76. The molecule has 0 radical (unpaired) electrons. The van der Waals surface area contributed by atoms with Crippen molar-refractivity contribution in [2.24, 2.45) is 0 Å². The molecular weight excluding hydrogens is 302 g/mol. The molecule has 0 heterocycles. The molecule has 70 valence electrons. The molecule has 0 atom stereocenters. The van der Waals surface area contributed by atoms with Gasteiger partial charge in [0, 0.05) is 10.2 Å². The maximum Gasteiger partial charge on any atom is 0.336 e. The van der Waals surface area contributed by atoms with Crippen LogP contribution in [-0.4, -0.2) is 11.1 Å².